The van der Waals surface area contributed by atoms with Crippen LogP contribution in [-0.4, -0.2) is 23.9 Å². The number of hydrogen-bond acceptors (Lipinski definition) is 2. The molecule has 0 unspecified atom stereocenters. The fraction of sp³-hybridized carbons (Fsp3) is 0.256. The van der Waals surface area contributed by atoms with Crippen molar-refractivity contribution in [2.45, 2.75) is 53.9 Å². The van der Waals surface area contributed by atoms with E-state index in [1.807, 2.05) is 36.1 Å². The molecule has 0 radical (unpaired) electrons. The zero-order chi connectivity index (χ0) is 31.1. The van der Waals surface area contributed by atoms with Crippen molar-refractivity contribution in [1.29, 1.82) is 0 Å². The molecule has 5 rings (SSSR count). The van der Waals surface area contributed by atoms with E-state index in [0.29, 0.717) is 18.8 Å². The van der Waals surface area contributed by atoms with E-state index in [-0.39, 0.29) is 28.3 Å². The Morgan fingerprint density at radius 3 is 2.00 bits per heavy atom. The molecular formula is C39H47NNbO2+. The minimum atomic E-state index is -0.0481. The predicted molar refractivity (Wildman–Crippen MR) is 182 cm³/mol. The molecule has 0 spiro atoms. The molecule has 5 aromatic rings. The maximum absolute atomic E-state index is 13.2. The molecule has 224 valence electrons. The smallest absolute Gasteiger partial charge is 0.451 e. The molecule has 0 N–H and O–H groups in total. The van der Waals surface area contributed by atoms with Crippen LogP contribution in [-0.2, 0) is 28.8 Å². The van der Waals surface area contributed by atoms with Gasteiger partial charge in [0.05, 0.1) is 0 Å². The van der Waals surface area contributed by atoms with Gasteiger partial charge in [0.15, 0.2) is 5.76 Å². The fourth-order valence-corrected chi connectivity index (χ4v) is 4.77. The van der Waals surface area contributed by atoms with Gasteiger partial charge in [0, 0.05) is 18.5 Å². The number of hydrogen-bond donors (Lipinski definition) is 0. The van der Waals surface area contributed by atoms with Crippen LogP contribution in [0.25, 0.3) is 21.7 Å². The van der Waals surface area contributed by atoms with E-state index < -0.39 is 0 Å². The first kappa shape index (κ1) is 37.8. The number of carbonyl (C=O) groups is 1. The summed E-state index contributed by atoms with van der Waals surface area (Å²) < 4.78 is 5.85. The summed E-state index contributed by atoms with van der Waals surface area (Å²) in [5.41, 5.74) is 6.83. The first-order valence-corrected chi connectivity index (χ1v) is 14.7. The van der Waals surface area contributed by atoms with Crippen LogP contribution in [0.15, 0.2) is 89.3 Å². The third-order valence-corrected chi connectivity index (χ3v) is 6.61. The van der Waals surface area contributed by atoms with E-state index >= 15 is 0 Å². The number of aryl methyl sites for hydroxylation is 3. The van der Waals surface area contributed by atoms with Crippen LogP contribution in [0, 0.1) is 48.5 Å². The maximum Gasteiger partial charge on any atom is 5.00 e. The molecule has 0 fully saturated rings. The van der Waals surface area contributed by atoms with Crippen LogP contribution in [0.1, 0.15) is 65.1 Å². The summed E-state index contributed by atoms with van der Waals surface area (Å²) in [4.78, 5) is 15.0. The Hall–Kier alpha value is -3.24. The van der Waals surface area contributed by atoms with Crippen LogP contribution >= 0.6 is 0 Å². The Kier molecular flexibility index (Phi) is 17.4. The Morgan fingerprint density at radius 1 is 0.721 bits per heavy atom. The Balaban J connectivity index is 0.000000559. The number of carbonyl (C=O) groups excluding carboxylic acids is 1. The molecule has 0 bridgehead atoms. The number of fused-ring (bicyclic) bond motifs is 2. The maximum atomic E-state index is 13.2. The molecule has 3 nitrogen and oxygen atoms in total. The molecule has 4 heteroatoms. The average molecular weight is 655 g/mol. The number of nitrogens with zero attached hydrogens (tertiary/aromatic N) is 1. The van der Waals surface area contributed by atoms with E-state index in [1.54, 1.807) is 13.8 Å². The van der Waals surface area contributed by atoms with Crippen LogP contribution in [0.3, 0.4) is 0 Å². The zero-order valence-electron chi connectivity index (χ0n) is 26.7. The fourth-order valence-electron chi connectivity index (χ4n) is 4.77. The van der Waals surface area contributed by atoms with E-state index in [0.717, 1.165) is 41.4 Å². The summed E-state index contributed by atoms with van der Waals surface area (Å²) in [6.07, 6.45) is 2.49. The molecule has 1 aromatic heterocycles. The summed E-state index contributed by atoms with van der Waals surface area (Å²) in [5, 5.41) is 3.44. The first-order valence-electron chi connectivity index (χ1n) is 14.7. The van der Waals surface area contributed by atoms with Crippen LogP contribution in [0.2, 0.25) is 0 Å². The number of unbranched alkanes of at least 4 members (excludes halogenated alkanes) is 1. The number of furan rings is 1. The zero-order valence-corrected chi connectivity index (χ0v) is 28.9. The summed E-state index contributed by atoms with van der Waals surface area (Å²) in [6.45, 7) is 25.3. The SMILES string of the molecule is [CH2-]C.[CH2-]C.[CH2-]CCCN(CCc1ccc2ccccc2c1)C(=O)c1cc2cc(C)ccc2o1.[CH2-]c1cc(C)cc(C)c1.[Nb+5]. The normalized spacial score (nSPS) is 9.86. The van der Waals surface area contributed by atoms with Crippen molar-refractivity contribution >= 4 is 27.6 Å². The van der Waals surface area contributed by atoms with Crippen molar-refractivity contribution in [3.63, 3.8) is 0 Å². The monoisotopic (exact) mass is 654 g/mol. The third kappa shape index (κ3) is 11.8. The van der Waals surface area contributed by atoms with Gasteiger partial charge in [-0.3, -0.25) is 4.79 Å². The molecule has 0 aliphatic carbocycles. The average Bonchev–Trinajstić information content (AvgIpc) is 3.42. The van der Waals surface area contributed by atoms with Gasteiger partial charge in [0.1, 0.15) is 5.58 Å². The molecule has 0 saturated carbocycles. The van der Waals surface area contributed by atoms with Crippen molar-refractivity contribution in [3.8, 4) is 0 Å². The van der Waals surface area contributed by atoms with Gasteiger partial charge in [-0.15, -0.1) is 11.1 Å². The predicted octanol–water partition coefficient (Wildman–Crippen LogP) is 10.4. The number of rotatable bonds is 7. The van der Waals surface area contributed by atoms with Crippen molar-refractivity contribution in [3.05, 3.63) is 146 Å². The van der Waals surface area contributed by atoms with Gasteiger partial charge >= 0.3 is 22.4 Å². The van der Waals surface area contributed by atoms with Crippen LogP contribution < -0.4 is 0 Å². The summed E-state index contributed by atoms with van der Waals surface area (Å²) in [6, 6.07) is 29.0. The number of benzene rings is 4. The summed E-state index contributed by atoms with van der Waals surface area (Å²) >= 11 is 0. The minimum Gasteiger partial charge on any atom is -0.451 e. The van der Waals surface area contributed by atoms with Crippen molar-refractivity contribution < 1.29 is 31.6 Å². The van der Waals surface area contributed by atoms with E-state index in [4.69, 9.17) is 4.42 Å². The molecule has 0 saturated heterocycles. The van der Waals surface area contributed by atoms with E-state index in [2.05, 4.69) is 102 Å². The van der Waals surface area contributed by atoms with Gasteiger partial charge < -0.3 is 30.1 Å². The Morgan fingerprint density at radius 2 is 1.37 bits per heavy atom. The van der Waals surface area contributed by atoms with Crippen LogP contribution in [0.4, 0.5) is 0 Å². The van der Waals surface area contributed by atoms with Crippen molar-refractivity contribution in [2.75, 3.05) is 13.1 Å². The second kappa shape index (κ2) is 19.9. The van der Waals surface area contributed by atoms with E-state index in [1.165, 1.54) is 27.5 Å². The Bertz CT molecular complexity index is 1480. The summed E-state index contributed by atoms with van der Waals surface area (Å²) in [7, 11) is 0. The third-order valence-electron chi connectivity index (χ3n) is 6.61. The largest absolute Gasteiger partial charge is 5.00 e. The molecule has 0 atom stereocenters. The van der Waals surface area contributed by atoms with Gasteiger partial charge in [-0.05, 0) is 47.9 Å². The Labute approximate surface area is 276 Å². The molecular weight excluding hydrogens is 607 g/mol. The molecule has 1 heterocycles. The van der Waals surface area contributed by atoms with Crippen LogP contribution in [0.5, 0.6) is 0 Å². The van der Waals surface area contributed by atoms with Gasteiger partial charge in [0.25, 0.3) is 5.91 Å². The molecule has 0 aliphatic heterocycles. The second-order valence-corrected chi connectivity index (χ2v) is 10.1. The second-order valence-electron chi connectivity index (χ2n) is 10.1. The van der Waals surface area contributed by atoms with Gasteiger partial charge in [-0.25, -0.2) is 0 Å². The molecule has 4 aromatic carbocycles. The van der Waals surface area contributed by atoms with E-state index in [9.17, 15) is 4.79 Å². The quantitative estimate of drug-likeness (QED) is 0.129. The standard InChI is InChI=1S/C26H26NO2.C9H11.2C2H5.Nb/c1-3-4-14-27(15-13-20-10-11-21-7-5-6-8-22(21)17-20)26(28)25-18-23-16-19(2)9-12-24(23)29-25;1-7-4-8(2)6-9(3)5-7;2*1-2;/h5-12,16-18H,1,3-4,13-15H2,2H3;4-6H,1H2,2-3H3;2*1H2,2H3;/q4*-1;+5. The first-order chi connectivity index (χ1) is 20.3. The topological polar surface area (TPSA) is 33.5 Å². The minimum absolute atomic E-state index is 0. The molecule has 0 aliphatic rings. The van der Waals surface area contributed by atoms with Gasteiger partial charge in [-0.2, -0.15) is 44.9 Å². The van der Waals surface area contributed by atoms with Crippen molar-refractivity contribution in [1.82, 2.24) is 4.90 Å². The van der Waals surface area contributed by atoms with Crippen molar-refractivity contribution in [2.24, 2.45) is 0 Å². The summed E-state index contributed by atoms with van der Waals surface area (Å²) in [5.74, 6) is 0.362. The molecule has 1 amide bonds. The van der Waals surface area contributed by atoms with Gasteiger partial charge in [-0.1, -0.05) is 80.4 Å². The number of amides is 1. The molecule has 43 heavy (non-hydrogen) atoms. The van der Waals surface area contributed by atoms with Gasteiger partial charge in [0.2, 0.25) is 0 Å².